The molecule has 0 aliphatic carbocycles. The summed E-state index contributed by atoms with van der Waals surface area (Å²) in [6, 6.07) is 12.0. The van der Waals surface area contributed by atoms with Crippen LogP contribution < -0.4 is 14.8 Å². The third-order valence-corrected chi connectivity index (χ3v) is 5.31. The topological polar surface area (TPSA) is 84.5 Å². The van der Waals surface area contributed by atoms with Crippen LogP contribution in [0.25, 0.3) is 0 Å². The second-order valence-electron chi connectivity index (χ2n) is 5.55. The first kappa shape index (κ1) is 19.0. The van der Waals surface area contributed by atoms with Crippen molar-refractivity contribution in [1.82, 2.24) is 10.0 Å². The van der Waals surface area contributed by atoms with Gasteiger partial charge in [-0.3, -0.25) is 4.79 Å². The molecule has 1 amide bonds. The van der Waals surface area contributed by atoms with E-state index >= 15 is 0 Å². The van der Waals surface area contributed by atoms with E-state index in [9.17, 15) is 13.2 Å². The molecule has 0 bridgehead atoms. The zero-order valence-electron chi connectivity index (χ0n) is 14.5. The summed E-state index contributed by atoms with van der Waals surface area (Å²) in [5.74, 6) is 0.443. The number of nitrogens with one attached hydrogen (secondary N) is 2. The number of benzene rings is 2. The number of sulfonamides is 1. The first-order valence-electron chi connectivity index (χ1n) is 7.82. The van der Waals surface area contributed by atoms with E-state index in [1.807, 2.05) is 24.3 Å². The van der Waals surface area contributed by atoms with Crippen molar-refractivity contribution in [3.05, 3.63) is 59.2 Å². The first-order chi connectivity index (χ1) is 11.9. The first-order valence-corrected chi connectivity index (χ1v) is 9.31. The molecule has 0 spiro atoms. The standard InChI is InChI=1S/C18H22N2O4S/c1-13-4-9-16(12-17(13)18(21)19-2)25(22,23)20-11-10-14-5-7-15(24-3)8-6-14/h4-9,12,20H,10-11H2,1-3H3,(H,19,21). The van der Waals surface area contributed by atoms with Gasteiger partial charge in [-0.05, 0) is 48.7 Å². The average molecular weight is 362 g/mol. The van der Waals surface area contributed by atoms with Gasteiger partial charge in [-0.25, -0.2) is 13.1 Å². The summed E-state index contributed by atoms with van der Waals surface area (Å²) >= 11 is 0. The van der Waals surface area contributed by atoms with Gasteiger partial charge in [0.05, 0.1) is 12.0 Å². The number of aryl methyl sites for hydroxylation is 1. The van der Waals surface area contributed by atoms with Gasteiger partial charge in [0, 0.05) is 19.2 Å². The molecule has 2 aromatic carbocycles. The van der Waals surface area contributed by atoms with Gasteiger partial charge in [0.25, 0.3) is 5.91 Å². The molecule has 2 N–H and O–H groups in total. The number of amides is 1. The lowest BCUT2D eigenvalue weighted by molar-refractivity contribution is 0.0962. The normalized spacial score (nSPS) is 11.2. The molecule has 6 nitrogen and oxygen atoms in total. The Morgan fingerprint density at radius 2 is 1.80 bits per heavy atom. The quantitative estimate of drug-likeness (QED) is 0.788. The maximum absolute atomic E-state index is 12.4. The van der Waals surface area contributed by atoms with Gasteiger partial charge in [0.2, 0.25) is 10.0 Å². The predicted octanol–water partition coefficient (Wildman–Crippen LogP) is 1.88. The van der Waals surface area contributed by atoms with Crippen molar-refractivity contribution in [1.29, 1.82) is 0 Å². The second kappa shape index (κ2) is 8.13. The van der Waals surface area contributed by atoms with Crippen molar-refractivity contribution < 1.29 is 17.9 Å². The molecule has 0 aliphatic heterocycles. The molecule has 0 aromatic heterocycles. The molecule has 0 saturated carbocycles. The molecule has 0 atom stereocenters. The van der Waals surface area contributed by atoms with Crippen LogP contribution in [0, 0.1) is 6.92 Å². The number of rotatable bonds is 7. The minimum absolute atomic E-state index is 0.0754. The van der Waals surface area contributed by atoms with E-state index in [0.29, 0.717) is 12.0 Å². The van der Waals surface area contributed by atoms with Crippen molar-refractivity contribution in [3.8, 4) is 5.75 Å². The van der Waals surface area contributed by atoms with E-state index in [2.05, 4.69) is 10.0 Å². The van der Waals surface area contributed by atoms with Gasteiger partial charge >= 0.3 is 0 Å². The summed E-state index contributed by atoms with van der Waals surface area (Å²) in [7, 11) is -0.574. The largest absolute Gasteiger partial charge is 0.497 e. The molecule has 0 aliphatic rings. The summed E-state index contributed by atoms with van der Waals surface area (Å²) in [6.45, 7) is 2.02. The lowest BCUT2D eigenvalue weighted by Crippen LogP contribution is -2.27. The fourth-order valence-corrected chi connectivity index (χ4v) is 3.41. The zero-order chi connectivity index (χ0) is 18.4. The van der Waals surface area contributed by atoms with Crippen LogP contribution in [0.3, 0.4) is 0 Å². The van der Waals surface area contributed by atoms with E-state index in [0.717, 1.165) is 16.9 Å². The number of methoxy groups -OCH3 is 1. The van der Waals surface area contributed by atoms with Crippen LogP contribution in [0.4, 0.5) is 0 Å². The Hall–Kier alpha value is -2.38. The highest BCUT2D eigenvalue weighted by molar-refractivity contribution is 7.89. The van der Waals surface area contributed by atoms with Crippen molar-refractivity contribution >= 4 is 15.9 Å². The van der Waals surface area contributed by atoms with E-state index in [4.69, 9.17) is 4.74 Å². The van der Waals surface area contributed by atoms with Crippen molar-refractivity contribution in [3.63, 3.8) is 0 Å². The summed E-state index contributed by atoms with van der Waals surface area (Å²) in [5.41, 5.74) is 2.07. The number of carbonyl (C=O) groups is 1. The Kier molecular flexibility index (Phi) is 6.17. The van der Waals surface area contributed by atoms with E-state index in [1.54, 1.807) is 20.1 Å². The average Bonchev–Trinajstić information content (AvgIpc) is 2.61. The van der Waals surface area contributed by atoms with Crippen LogP contribution in [0.2, 0.25) is 0 Å². The lowest BCUT2D eigenvalue weighted by Gasteiger charge is -2.10. The van der Waals surface area contributed by atoms with E-state index in [1.165, 1.54) is 19.2 Å². The second-order valence-corrected chi connectivity index (χ2v) is 7.32. The van der Waals surface area contributed by atoms with Crippen LogP contribution in [0.5, 0.6) is 5.75 Å². The smallest absolute Gasteiger partial charge is 0.251 e. The molecule has 25 heavy (non-hydrogen) atoms. The summed E-state index contributed by atoms with van der Waals surface area (Å²) in [6.07, 6.45) is 0.553. The van der Waals surface area contributed by atoms with Crippen LogP contribution in [0.1, 0.15) is 21.5 Å². The predicted molar refractivity (Wildman–Crippen MR) is 96.5 cm³/mol. The molecular formula is C18H22N2O4S. The molecule has 134 valence electrons. The third kappa shape index (κ3) is 4.80. The SMILES string of the molecule is CNC(=O)c1cc(S(=O)(=O)NCCc2ccc(OC)cc2)ccc1C. The Morgan fingerprint density at radius 1 is 1.12 bits per heavy atom. The molecule has 7 heteroatoms. The van der Waals surface area contributed by atoms with Gasteiger partial charge < -0.3 is 10.1 Å². The van der Waals surface area contributed by atoms with E-state index < -0.39 is 10.0 Å². The number of ether oxygens (including phenoxy) is 1. The van der Waals surface area contributed by atoms with E-state index in [-0.39, 0.29) is 17.3 Å². The number of hydrogen-bond acceptors (Lipinski definition) is 4. The summed E-state index contributed by atoms with van der Waals surface area (Å²) in [4.78, 5) is 11.9. The number of hydrogen-bond donors (Lipinski definition) is 2. The molecule has 2 rings (SSSR count). The Balaban J connectivity index is 2.07. The fourth-order valence-electron chi connectivity index (χ4n) is 2.35. The lowest BCUT2D eigenvalue weighted by atomic mass is 10.1. The molecule has 0 saturated heterocycles. The monoisotopic (exact) mass is 362 g/mol. The van der Waals surface area contributed by atoms with Crippen LogP contribution in [0.15, 0.2) is 47.4 Å². The van der Waals surface area contributed by atoms with Crippen molar-refractivity contribution in [2.75, 3.05) is 20.7 Å². The van der Waals surface area contributed by atoms with Crippen molar-refractivity contribution in [2.24, 2.45) is 0 Å². The van der Waals surface area contributed by atoms with Gasteiger partial charge in [-0.15, -0.1) is 0 Å². The van der Waals surface area contributed by atoms with Crippen molar-refractivity contribution in [2.45, 2.75) is 18.2 Å². The van der Waals surface area contributed by atoms with Gasteiger partial charge in [-0.2, -0.15) is 0 Å². The van der Waals surface area contributed by atoms with Crippen LogP contribution >= 0.6 is 0 Å². The maximum Gasteiger partial charge on any atom is 0.251 e. The Bertz CT molecular complexity index is 846. The minimum Gasteiger partial charge on any atom is -0.497 e. The highest BCUT2D eigenvalue weighted by Crippen LogP contribution is 2.16. The molecular weight excluding hydrogens is 340 g/mol. The zero-order valence-corrected chi connectivity index (χ0v) is 15.3. The minimum atomic E-state index is -3.68. The molecule has 0 fully saturated rings. The molecule has 0 heterocycles. The highest BCUT2D eigenvalue weighted by Gasteiger charge is 2.17. The van der Waals surface area contributed by atoms with Gasteiger partial charge in [0.1, 0.15) is 5.75 Å². The molecule has 0 radical (unpaired) electrons. The Morgan fingerprint density at radius 3 is 2.40 bits per heavy atom. The van der Waals surface area contributed by atoms with Crippen LogP contribution in [-0.2, 0) is 16.4 Å². The number of carbonyl (C=O) groups excluding carboxylic acids is 1. The third-order valence-electron chi connectivity index (χ3n) is 3.86. The molecule has 2 aromatic rings. The van der Waals surface area contributed by atoms with Gasteiger partial charge in [0.15, 0.2) is 0 Å². The highest BCUT2D eigenvalue weighted by atomic mass is 32.2. The summed E-state index contributed by atoms with van der Waals surface area (Å²) < 4.78 is 32.5. The Labute approximate surface area is 148 Å². The maximum atomic E-state index is 12.4. The van der Waals surface area contributed by atoms with Crippen LogP contribution in [-0.4, -0.2) is 35.0 Å². The summed E-state index contributed by atoms with van der Waals surface area (Å²) in [5, 5.41) is 2.51. The molecule has 0 unspecified atom stereocenters. The van der Waals surface area contributed by atoms with Gasteiger partial charge in [-0.1, -0.05) is 18.2 Å². The fraction of sp³-hybridized carbons (Fsp3) is 0.278.